The average molecular weight is 350 g/mol. The summed E-state index contributed by atoms with van der Waals surface area (Å²) >= 11 is 5.11. The number of hydrazine groups is 1. The minimum absolute atomic E-state index is 0.0152. The fraction of sp³-hybridized carbons (Fsp3) is 0.438. The molecule has 0 spiro atoms. The molecule has 1 aromatic rings. The summed E-state index contributed by atoms with van der Waals surface area (Å²) in [6.45, 7) is 3.04. The molecule has 1 fully saturated rings. The van der Waals surface area contributed by atoms with Crippen LogP contribution in [0.5, 0.6) is 0 Å². The van der Waals surface area contributed by atoms with Crippen LogP contribution in [0.2, 0.25) is 0 Å². The summed E-state index contributed by atoms with van der Waals surface area (Å²) in [5, 5.41) is 3.27. The summed E-state index contributed by atoms with van der Waals surface area (Å²) in [6, 6.07) is 7.04. The number of amides is 2. The molecule has 0 unspecified atom stereocenters. The first-order valence-electron chi connectivity index (χ1n) is 7.78. The molecular weight excluding hydrogens is 328 g/mol. The largest absolute Gasteiger partial charge is 0.383 e. The molecule has 8 heteroatoms. The lowest BCUT2D eigenvalue weighted by molar-refractivity contribution is -0.117. The summed E-state index contributed by atoms with van der Waals surface area (Å²) in [4.78, 5) is 26.0. The molecule has 1 aliphatic rings. The first-order chi connectivity index (χ1) is 11.5. The van der Waals surface area contributed by atoms with Gasteiger partial charge in [0.1, 0.15) is 0 Å². The predicted molar refractivity (Wildman–Crippen MR) is 95.7 cm³/mol. The van der Waals surface area contributed by atoms with Crippen molar-refractivity contribution in [2.75, 3.05) is 25.2 Å². The molecule has 2 rings (SSSR count). The van der Waals surface area contributed by atoms with E-state index in [-0.39, 0.29) is 17.9 Å². The van der Waals surface area contributed by atoms with Gasteiger partial charge in [0.15, 0.2) is 5.11 Å². The summed E-state index contributed by atoms with van der Waals surface area (Å²) in [6.07, 6.45) is 1.32. The van der Waals surface area contributed by atoms with Gasteiger partial charge >= 0.3 is 0 Å². The van der Waals surface area contributed by atoms with Gasteiger partial charge in [0, 0.05) is 26.1 Å². The third-order valence-corrected chi connectivity index (χ3v) is 3.82. The summed E-state index contributed by atoms with van der Waals surface area (Å²) in [5.74, 6) is -0.317. The predicted octanol–water partition coefficient (Wildman–Crippen LogP) is 0.957. The lowest BCUT2D eigenvalue weighted by Gasteiger charge is -2.20. The highest BCUT2D eigenvalue weighted by Crippen LogP contribution is 2.25. The van der Waals surface area contributed by atoms with Crippen LogP contribution in [0.15, 0.2) is 24.3 Å². The van der Waals surface area contributed by atoms with E-state index in [0.29, 0.717) is 35.9 Å². The Morgan fingerprint density at radius 2 is 2.12 bits per heavy atom. The first kappa shape index (κ1) is 18.2. The Kier molecular flexibility index (Phi) is 6.51. The number of methoxy groups -OCH3 is 1. The number of thiocarbonyl (C=S) groups is 1. The van der Waals surface area contributed by atoms with Crippen LogP contribution in [-0.2, 0) is 9.53 Å². The van der Waals surface area contributed by atoms with Gasteiger partial charge in [0.05, 0.1) is 17.9 Å². The molecule has 2 amide bonds. The van der Waals surface area contributed by atoms with Crippen molar-refractivity contribution in [3.05, 3.63) is 29.8 Å². The van der Waals surface area contributed by atoms with Crippen LogP contribution in [0.4, 0.5) is 5.69 Å². The van der Waals surface area contributed by atoms with Crippen molar-refractivity contribution in [3.63, 3.8) is 0 Å². The number of anilines is 1. The minimum atomic E-state index is -0.353. The molecule has 130 valence electrons. The Morgan fingerprint density at radius 3 is 2.79 bits per heavy atom. The van der Waals surface area contributed by atoms with Crippen LogP contribution in [-0.4, -0.2) is 43.2 Å². The number of nitrogens with zero attached hydrogens (tertiary/aromatic N) is 1. The number of nitrogens with one attached hydrogen (secondary N) is 3. The number of para-hydroxylation sites is 1. The van der Waals surface area contributed by atoms with Gasteiger partial charge in [-0.05, 0) is 37.7 Å². The van der Waals surface area contributed by atoms with Crippen molar-refractivity contribution in [1.29, 1.82) is 0 Å². The number of hydrogen-bond donors (Lipinski definition) is 3. The van der Waals surface area contributed by atoms with E-state index in [0.717, 1.165) is 6.42 Å². The van der Waals surface area contributed by atoms with Crippen molar-refractivity contribution < 1.29 is 14.3 Å². The topological polar surface area (TPSA) is 82.7 Å². The van der Waals surface area contributed by atoms with Crippen LogP contribution in [0.25, 0.3) is 0 Å². The summed E-state index contributed by atoms with van der Waals surface area (Å²) in [5.41, 5.74) is 6.26. The van der Waals surface area contributed by atoms with E-state index in [1.807, 2.05) is 13.0 Å². The van der Waals surface area contributed by atoms with Crippen LogP contribution in [0.3, 0.4) is 0 Å². The maximum Gasteiger partial charge on any atom is 0.271 e. The molecule has 24 heavy (non-hydrogen) atoms. The minimum Gasteiger partial charge on any atom is -0.383 e. The highest BCUT2D eigenvalue weighted by molar-refractivity contribution is 7.80. The normalized spacial score (nSPS) is 15.1. The van der Waals surface area contributed by atoms with Gasteiger partial charge < -0.3 is 15.0 Å². The zero-order valence-corrected chi connectivity index (χ0v) is 14.6. The SMILES string of the molecule is COC[C@@H](C)NC(=S)NNC(=O)c1ccccc1N1CCCC1=O. The van der Waals surface area contributed by atoms with Crippen molar-refractivity contribution >= 4 is 34.8 Å². The zero-order valence-electron chi connectivity index (χ0n) is 13.8. The third kappa shape index (κ3) is 4.65. The van der Waals surface area contributed by atoms with Crippen LogP contribution in [0, 0.1) is 0 Å². The van der Waals surface area contributed by atoms with Gasteiger partial charge in [-0.1, -0.05) is 12.1 Å². The van der Waals surface area contributed by atoms with E-state index < -0.39 is 0 Å². The zero-order chi connectivity index (χ0) is 17.5. The second-order valence-electron chi connectivity index (χ2n) is 5.58. The van der Waals surface area contributed by atoms with E-state index in [2.05, 4.69) is 16.2 Å². The molecule has 0 radical (unpaired) electrons. The number of carbonyl (C=O) groups is 2. The number of hydrogen-bond acceptors (Lipinski definition) is 4. The van der Waals surface area contributed by atoms with E-state index in [1.54, 1.807) is 30.2 Å². The van der Waals surface area contributed by atoms with E-state index in [4.69, 9.17) is 17.0 Å². The van der Waals surface area contributed by atoms with Gasteiger partial charge in [0.2, 0.25) is 5.91 Å². The Balaban J connectivity index is 1.98. The highest BCUT2D eigenvalue weighted by Gasteiger charge is 2.25. The summed E-state index contributed by atoms with van der Waals surface area (Å²) < 4.78 is 5.01. The maximum atomic E-state index is 12.4. The molecule has 1 heterocycles. The second kappa shape index (κ2) is 8.60. The molecule has 0 aromatic heterocycles. The van der Waals surface area contributed by atoms with E-state index >= 15 is 0 Å². The molecule has 7 nitrogen and oxygen atoms in total. The van der Waals surface area contributed by atoms with Crippen LogP contribution < -0.4 is 21.1 Å². The molecule has 1 saturated heterocycles. The van der Waals surface area contributed by atoms with Gasteiger partial charge in [-0.2, -0.15) is 0 Å². The molecule has 1 aromatic carbocycles. The molecule has 0 aliphatic carbocycles. The molecule has 0 bridgehead atoms. The van der Waals surface area contributed by atoms with Crippen molar-refractivity contribution in [1.82, 2.24) is 16.2 Å². The maximum absolute atomic E-state index is 12.4. The molecule has 0 saturated carbocycles. The quantitative estimate of drug-likeness (QED) is 0.542. The van der Waals surface area contributed by atoms with Gasteiger partial charge in [-0.25, -0.2) is 0 Å². The monoisotopic (exact) mass is 350 g/mol. The molecule has 3 N–H and O–H groups in total. The number of carbonyl (C=O) groups excluding carboxylic acids is 2. The van der Waals surface area contributed by atoms with Gasteiger partial charge in [-0.3, -0.25) is 20.4 Å². The molecule has 1 atom stereocenters. The van der Waals surface area contributed by atoms with Crippen molar-refractivity contribution in [2.24, 2.45) is 0 Å². The lowest BCUT2D eigenvalue weighted by Crippen LogP contribution is -2.50. The molecular formula is C16H22N4O3S. The Bertz CT molecular complexity index is 623. The lowest BCUT2D eigenvalue weighted by atomic mass is 10.1. The Hall–Kier alpha value is -2.19. The summed E-state index contributed by atoms with van der Waals surface area (Å²) in [7, 11) is 1.60. The van der Waals surface area contributed by atoms with Gasteiger partial charge in [-0.15, -0.1) is 0 Å². The van der Waals surface area contributed by atoms with Crippen molar-refractivity contribution in [2.45, 2.75) is 25.8 Å². The highest BCUT2D eigenvalue weighted by atomic mass is 32.1. The average Bonchev–Trinajstić information content (AvgIpc) is 2.98. The fourth-order valence-corrected chi connectivity index (χ4v) is 2.79. The van der Waals surface area contributed by atoms with Crippen LogP contribution >= 0.6 is 12.2 Å². The molecule has 1 aliphatic heterocycles. The Morgan fingerprint density at radius 1 is 1.38 bits per heavy atom. The van der Waals surface area contributed by atoms with Crippen molar-refractivity contribution in [3.8, 4) is 0 Å². The second-order valence-corrected chi connectivity index (χ2v) is 5.98. The number of ether oxygens (including phenoxy) is 1. The number of rotatable bonds is 5. The standard InChI is InChI=1S/C16H22N4O3S/c1-11(10-23-2)17-16(24)19-18-15(22)12-6-3-4-7-13(12)20-9-5-8-14(20)21/h3-4,6-7,11H,5,8-10H2,1-2H3,(H,18,22)(H2,17,19,24)/t11-/m1/s1. The Labute approximate surface area is 146 Å². The smallest absolute Gasteiger partial charge is 0.271 e. The van der Waals surface area contributed by atoms with Crippen LogP contribution in [0.1, 0.15) is 30.1 Å². The van der Waals surface area contributed by atoms with E-state index in [9.17, 15) is 9.59 Å². The van der Waals surface area contributed by atoms with E-state index in [1.165, 1.54) is 0 Å². The fourth-order valence-electron chi connectivity index (χ4n) is 2.54. The van der Waals surface area contributed by atoms with Gasteiger partial charge in [0.25, 0.3) is 5.91 Å². The first-order valence-corrected chi connectivity index (χ1v) is 8.19. The number of benzene rings is 1. The third-order valence-electron chi connectivity index (χ3n) is 3.60.